The van der Waals surface area contributed by atoms with Crippen LogP contribution in [0.1, 0.15) is 4.88 Å². The third-order valence-corrected chi connectivity index (χ3v) is 3.71. The summed E-state index contributed by atoms with van der Waals surface area (Å²) < 4.78 is 5.33. The number of nitrogen functional groups attached to an aromatic ring is 1. The first-order valence-corrected chi connectivity index (χ1v) is 6.74. The zero-order valence-electron chi connectivity index (χ0n) is 10.3. The van der Waals surface area contributed by atoms with E-state index in [0.29, 0.717) is 5.13 Å². The largest absolute Gasteiger partial charge is 0.379 e. The second-order valence-corrected chi connectivity index (χ2v) is 5.50. The number of hydrogen-bond acceptors (Lipinski definition) is 6. The Morgan fingerprint density at radius 3 is 2.94 bits per heavy atom. The van der Waals surface area contributed by atoms with Crippen molar-refractivity contribution in [1.29, 1.82) is 0 Å². The summed E-state index contributed by atoms with van der Waals surface area (Å²) in [7, 11) is 2.14. The highest BCUT2D eigenvalue weighted by molar-refractivity contribution is 7.15. The van der Waals surface area contributed by atoms with Gasteiger partial charge in [-0.1, -0.05) is 0 Å². The smallest absolute Gasteiger partial charge is 0.180 e. The molecule has 0 saturated carbocycles. The van der Waals surface area contributed by atoms with E-state index in [1.165, 1.54) is 4.88 Å². The van der Waals surface area contributed by atoms with Crippen LogP contribution in [0.4, 0.5) is 5.13 Å². The Bertz CT molecular complexity index is 338. The topological polar surface area (TPSA) is 54.6 Å². The molecule has 2 rings (SSSR count). The molecule has 1 saturated heterocycles. The summed E-state index contributed by atoms with van der Waals surface area (Å²) in [5, 5.41) is 0.654. The molecule has 0 aromatic carbocycles. The third-order valence-electron chi connectivity index (χ3n) is 2.90. The maximum absolute atomic E-state index is 5.61. The number of aromatic nitrogens is 1. The van der Waals surface area contributed by atoms with Crippen molar-refractivity contribution in [2.24, 2.45) is 0 Å². The summed E-state index contributed by atoms with van der Waals surface area (Å²) in [6.07, 6.45) is 1.87. The third kappa shape index (κ3) is 4.23. The minimum absolute atomic E-state index is 0.654. The van der Waals surface area contributed by atoms with E-state index in [1.54, 1.807) is 11.3 Å². The monoisotopic (exact) mass is 256 g/mol. The van der Waals surface area contributed by atoms with E-state index in [4.69, 9.17) is 10.5 Å². The lowest BCUT2D eigenvalue weighted by Crippen LogP contribution is -2.40. The molecule has 2 heterocycles. The molecule has 5 nitrogen and oxygen atoms in total. The van der Waals surface area contributed by atoms with Gasteiger partial charge in [0.1, 0.15) is 0 Å². The molecule has 0 atom stereocenters. The van der Waals surface area contributed by atoms with Crippen molar-refractivity contribution in [2.45, 2.75) is 6.54 Å². The van der Waals surface area contributed by atoms with Crippen LogP contribution < -0.4 is 5.73 Å². The van der Waals surface area contributed by atoms with Crippen LogP contribution in [0.25, 0.3) is 0 Å². The minimum atomic E-state index is 0.654. The first kappa shape index (κ1) is 12.8. The SMILES string of the molecule is CN(CCN1CCOCC1)Cc1cnc(N)s1. The summed E-state index contributed by atoms with van der Waals surface area (Å²) in [5.74, 6) is 0. The summed E-state index contributed by atoms with van der Waals surface area (Å²) in [5.41, 5.74) is 5.61. The van der Waals surface area contributed by atoms with Gasteiger partial charge in [-0.05, 0) is 7.05 Å². The maximum atomic E-state index is 5.61. The molecule has 1 aliphatic heterocycles. The van der Waals surface area contributed by atoms with Gasteiger partial charge in [0.05, 0.1) is 13.2 Å². The first-order chi connectivity index (χ1) is 8.24. The number of anilines is 1. The molecule has 6 heteroatoms. The van der Waals surface area contributed by atoms with E-state index in [2.05, 4.69) is 21.8 Å². The van der Waals surface area contributed by atoms with Gasteiger partial charge in [-0.3, -0.25) is 9.80 Å². The van der Waals surface area contributed by atoms with Crippen molar-refractivity contribution in [2.75, 3.05) is 52.2 Å². The van der Waals surface area contributed by atoms with Gasteiger partial charge in [0, 0.05) is 43.8 Å². The van der Waals surface area contributed by atoms with Crippen LogP contribution in [-0.2, 0) is 11.3 Å². The fraction of sp³-hybridized carbons (Fsp3) is 0.727. The van der Waals surface area contributed by atoms with Gasteiger partial charge in [-0.25, -0.2) is 4.98 Å². The van der Waals surface area contributed by atoms with Gasteiger partial charge in [0.2, 0.25) is 0 Å². The lowest BCUT2D eigenvalue weighted by Gasteiger charge is -2.28. The Hall–Kier alpha value is -0.690. The van der Waals surface area contributed by atoms with E-state index in [1.807, 2.05) is 6.20 Å². The molecule has 1 aliphatic rings. The highest BCUT2D eigenvalue weighted by Gasteiger charge is 2.11. The van der Waals surface area contributed by atoms with E-state index in [0.717, 1.165) is 45.9 Å². The van der Waals surface area contributed by atoms with Crippen LogP contribution in [0.2, 0.25) is 0 Å². The fourth-order valence-electron chi connectivity index (χ4n) is 1.88. The number of rotatable bonds is 5. The Morgan fingerprint density at radius 1 is 1.53 bits per heavy atom. The van der Waals surface area contributed by atoms with Crippen LogP contribution >= 0.6 is 11.3 Å². The number of nitrogens with zero attached hydrogens (tertiary/aromatic N) is 3. The zero-order chi connectivity index (χ0) is 12.1. The van der Waals surface area contributed by atoms with Crippen LogP contribution in [-0.4, -0.2) is 61.2 Å². The highest BCUT2D eigenvalue weighted by atomic mass is 32.1. The Balaban J connectivity index is 1.68. The Morgan fingerprint density at radius 2 is 2.29 bits per heavy atom. The van der Waals surface area contributed by atoms with Crippen LogP contribution in [0.15, 0.2) is 6.20 Å². The summed E-state index contributed by atoms with van der Waals surface area (Å²) in [6, 6.07) is 0. The summed E-state index contributed by atoms with van der Waals surface area (Å²) in [4.78, 5) is 10.0. The molecule has 0 spiro atoms. The molecule has 0 radical (unpaired) electrons. The van der Waals surface area contributed by atoms with E-state index < -0.39 is 0 Å². The van der Waals surface area contributed by atoms with Crippen LogP contribution in [0.3, 0.4) is 0 Å². The van der Waals surface area contributed by atoms with E-state index in [-0.39, 0.29) is 0 Å². The normalized spacial score (nSPS) is 17.8. The van der Waals surface area contributed by atoms with Crippen molar-refractivity contribution in [1.82, 2.24) is 14.8 Å². The lowest BCUT2D eigenvalue weighted by molar-refractivity contribution is 0.0342. The Kier molecular flexibility index (Phi) is 4.73. The van der Waals surface area contributed by atoms with E-state index >= 15 is 0 Å². The minimum Gasteiger partial charge on any atom is -0.379 e. The predicted molar refractivity (Wildman–Crippen MR) is 70.1 cm³/mol. The predicted octanol–water partition coefficient (Wildman–Crippen LogP) is 0.489. The molecule has 1 aromatic heterocycles. The molecule has 0 bridgehead atoms. The molecule has 17 heavy (non-hydrogen) atoms. The standard InChI is InChI=1S/C11H20N4OS/c1-14(9-10-8-13-11(12)17-10)2-3-15-4-6-16-7-5-15/h8H,2-7,9H2,1H3,(H2,12,13). The van der Waals surface area contributed by atoms with Crippen LogP contribution in [0.5, 0.6) is 0 Å². The molecule has 96 valence electrons. The number of hydrogen-bond donors (Lipinski definition) is 1. The average molecular weight is 256 g/mol. The summed E-state index contributed by atoms with van der Waals surface area (Å²) in [6.45, 7) is 6.96. The zero-order valence-corrected chi connectivity index (χ0v) is 11.1. The fourth-order valence-corrected chi connectivity index (χ4v) is 2.64. The molecule has 1 fully saturated rings. The van der Waals surface area contributed by atoms with Crippen molar-refractivity contribution in [3.63, 3.8) is 0 Å². The number of thiazole rings is 1. The molecule has 0 amide bonds. The first-order valence-electron chi connectivity index (χ1n) is 5.93. The quantitative estimate of drug-likeness (QED) is 0.831. The number of morpholine rings is 1. The van der Waals surface area contributed by atoms with Gasteiger partial charge >= 0.3 is 0 Å². The molecule has 0 aliphatic carbocycles. The molecule has 1 aromatic rings. The van der Waals surface area contributed by atoms with Crippen molar-refractivity contribution in [3.8, 4) is 0 Å². The van der Waals surface area contributed by atoms with Gasteiger partial charge in [0.15, 0.2) is 5.13 Å². The molecular formula is C11H20N4OS. The number of ether oxygens (including phenoxy) is 1. The number of likely N-dealkylation sites (N-methyl/N-ethyl adjacent to an activating group) is 1. The number of nitrogens with two attached hydrogens (primary N) is 1. The summed E-state index contributed by atoms with van der Waals surface area (Å²) >= 11 is 1.57. The molecule has 0 unspecified atom stereocenters. The van der Waals surface area contributed by atoms with Gasteiger partial charge in [0.25, 0.3) is 0 Å². The van der Waals surface area contributed by atoms with Gasteiger partial charge in [-0.15, -0.1) is 11.3 Å². The second-order valence-electron chi connectivity index (χ2n) is 4.36. The van der Waals surface area contributed by atoms with Crippen molar-refractivity contribution in [3.05, 3.63) is 11.1 Å². The van der Waals surface area contributed by atoms with Crippen molar-refractivity contribution < 1.29 is 4.74 Å². The lowest BCUT2D eigenvalue weighted by atomic mass is 10.4. The van der Waals surface area contributed by atoms with Gasteiger partial charge in [-0.2, -0.15) is 0 Å². The molecule has 2 N–H and O–H groups in total. The average Bonchev–Trinajstić information content (AvgIpc) is 2.73. The molecular weight excluding hydrogens is 236 g/mol. The second kappa shape index (κ2) is 6.30. The maximum Gasteiger partial charge on any atom is 0.180 e. The van der Waals surface area contributed by atoms with Gasteiger partial charge < -0.3 is 10.5 Å². The Labute approximate surface area is 106 Å². The van der Waals surface area contributed by atoms with Crippen molar-refractivity contribution >= 4 is 16.5 Å². The highest BCUT2D eigenvalue weighted by Crippen LogP contribution is 2.15. The van der Waals surface area contributed by atoms with E-state index in [9.17, 15) is 0 Å². The van der Waals surface area contributed by atoms with Crippen LogP contribution in [0, 0.1) is 0 Å².